The van der Waals surface area contributed by atoms with E-state index in [1.54, 1.807) is 6.07 Å². The maximum Gasteiger partial charge on any atom is 0.141 e. The number of rotatable bonds is 1. The van der Waals surface area contributed by atoms with Crippen LogP contribution in [0.4, 0.5) is 4.39 Å². The van der Waals surface area contributed by atoms with E-state index in [2.05, 4.69) is 22.6 Å². The van der Waals surface area contributed by atoms with Gasteiger partial charge in [0.1, 0.15) is 5.82 Å². The molecule has 1 rings (SSSR count). The molecule has 0 aromatic heterocycles. The van der Waals surface area contributed by atoms with Crippen molar-refractivity contribution < 1.29 is 4.39 Å². The van der Waals surface area contributed by atoms with Crippen LogP contribution in [-0.4, -0.2) is 0 Å². The summed E-state index contributed by atoms with van der Waals surface area (Å²) in [4.78, 5) is 0. The first-order valence-electron chi connectivity index (χ1n) is 2.85. The van der Waals surface area contributed by atoms with Crippen LogP contribution in [0, 0.1) is 13.0 Å². The minimum Gasteiger partial charge on any atom is -0.205 e. The highest BCUT2D eigenvalue weighted by Crippen LogP contribution is 2.22. The minimum atomic E-state index is -0.187. The van der Waals surface area contributed by atoms with E-state index >= 15 is 0 Å². The summed E-state index contributed by atoms with van der Waals surface area (Å²) >= 11 is 9.58. The zero-order valence-electron chi connectivity index (χ0n) is 5.37. The molecule has 4 heteroatoms. The van der Waals surface area contributed by atoms with Crippen LogP contribution >= 0.6 is 56.8 Å². The highest BCUT2D eigenvalue weighted by Gasteiger charge is 2.07. The molecule has 0 saturated heterocycles. The van der Waals surface area contributed by atoms with Crippen LogP contribution in [-0.2, 0) is 5.88 Å². The first-order valence-corrected chi connectivity index (χ1v) is 5.54. The van der Waals surface area contributed by atoms with Gasteiger partial charge in [0.05, 0.1) is 9.45 Å². The summed E-state index contributed by atoms with van der Waals surface area (Å²) in [5.41, 5.74) is 0.566. The van der Waals surface area contributed by atoms with Gasteiger partial charge in [-0.05, 0) is 51.2 Å². The number of halogens is 4. The molecule has 0 aliphatic carbocycles. The highest BCUT2D eigenvalue weighted by molar-refractivity contribution is 14.1. The number of hydrogen-bond donors (Lipinski definition) is 0. The van der Waals surface area contributed by atoms with Crippen molar-refractivity contribution in [3.63, 3.8) is 0 Å². The molecule has 1 aromatic rings. The quantitative estimate of drug-likeness (QED) is 0.385. The van der Waals surface area contributed by atoms with Crippen molar-refractivity contribution >= 4 is 56.8 Å². The minimum absolute atomic E-state index is 0.187. The number of alkyl halides is 1. The Bertz CT molecular complexity index is 275. The fraction of sp³-hybridized carbons (Fsp3) is 0.143. The lowest BCUT2D eigenvalue weighted by atomic mass is 10.2. The second-order valence-electron chi connectivity index (χ2n) is 1.97. The fourth-order valence-electron chi connectivity index (χ4n) is 0.669. The monoisotopic (exact) mass is 396 g/mol. The van der Waals surface area contributed by atoms with Crippen molar-refractivity contribution in [1.82, 2.24) is 0 Å². The maximum absolute atomic E-state index is 13.2. The van der Waals surface area contributed by atoms with Crippen LogP contribution in [0.25, 0.3) is 0 Å². The topological polar surface area (TPSA) is 0 Å². The van der Waals surface area contributed by atoms with Crippen LogP contribution in [0.1, 0.15) is 5.56 Å². The third kappa shape index (κ3) is 2.18. The van der Waals surface area contributed by atoms with Crippen molar-refractivity contribution in [3.05, 3.63) is 30.7 Å². The molecule has 0 nitrogen and oxygen atoms in total. The van der Waals surface area contributed by atoms with Gasteiger partial charge >= 0.3 is 0 Å². The summed E-state index contributed by atoms with van der Waals surface area (Å²) in [6.07, 6.45) is 0. The summed E-state index contributed by atoms with van der Waals surface area (Å²) < 4.78 is 14.7. The predicted molar refractivity (Wildman–Crippen MR) is 61.4 cm³/mol. The predicted octanol–water partition coefficient (Wildman–Crippen LogP) is 3.77. The van der Waals surface area contributed by atoms with E-state index in [4.69, 9.17) is 11.6 Å². The number of hydrogen-bond acceptors (Lipinski definition) is 0. The molecule has 11 heavy (non-hydrogen) atoms. The Morgan fingerprint density at radius 2 is 2.00 bits per heavy atom. The Kier molecular flexibility index (Phi) is 3.84. The molecule has 0 aliphatic heterocycles. The zero-order chi connectivity index (χ0) is 8.43. The Morgan fingerprint density at radius 1 is 1.36 bits per heavy atom. The second kappa shape index (κ2) is 4.23. The first-order chi connectivity index (χ1) is 5.16. The van der Waals surface area contributed by atoms with Crippen molar-refractivity contribution in [2.75, 3.05) is 0 Å². The second-order valence-corrected chi connectivity index (χ2v) is 4.48. The van der Waals surface area contributed by atoms with Crippen molar-refractivity contribution in [2.24, 2.45) is 0 Å². The molecule has 0 heterocycles. The van der Waals surface area contributed by atoms with Crippen LogP contribution in [0.3, 0.4) is 0 Å². The van der Waals surface area contributed by atoms with Crippen molar-refractivity contribution in [3.8, 4) is 0 Å². The normalized spacial score (nSPS) is 10.2. The van der Waals surface area contributed by atoms with Crippen LogP contribution in [0.2, 0.25) is 0 Å². The average Bonchev–Trinajstić information content (AvgIpc) is 2.01. The van der Waals surface area contributed by atoms with Gasteiger partial charge in [0.2, 0.25) is 0 Å². The molecule has 0 spiro atoms. The van der Waals surface area contributed by atoms with Gasteiger partial charge in [0.25, 0.3) is 0 Å². The summed E-state index contributed by atoms with van der Waals surface area (Å²) in [7, 11) is 0. The van der Waals surface area contributed by atoms with Gasteiger partial charge in [-0.2, -0.15) is 0 Å². The molecule has 0 amide bonds. The summed E-state index contributed by atoms with van der Waals surface area (Å²) in [6.45, 7) is 0. The SMILES string of the molecule is Fc1c(CCl)ccc(I)c1I. The van der Waals surface area contributed by atoms with Crippen molar-refractivity contribution in [2.45, 2.75) is 5.88 Å². The van der Waals surface area contributed by atoms with E-state index in [0.717, 1.165) is 3.57 Å². The third-order valence-corrected chi connectivity index (χ3v) is 4.53. The highest BCUT2D eigenvalue weighted by atomic mass is 127. The Balaban J connectivity index is 3.25. The largest absolute Gasteiger partial charge is 0.205 e. The molecule has 0 bridgehead atoms. The molecule has 0 aliphatic rings. The van der Waals surface area contributed by atoms with E-state index in [1.807, 2.05) is 28.7 Å². The van der Waals surface area contributed by atoms with Gasteiger partial charge in [-0.25, -0.2) is 4.39 Å². The molecule has 0 saturated carbocycles. The smallest absolute Gasteiger partial charge is 0.141 e. The zero-order valence-corrected chi connectivity index (χ0v) is 10.4. The molecule has 0 fully saturated rings. The van der Waals surface area contributed by atoms with Gasteiger partial charge in [-0.1, -0.05) is 6.07 Å². The van der Waals surface area contributed by atoms with E-state index in [9.17, 15) is 4.39 Å². The van der Waals surface area contributed by atoms with Gasteiger partial charge in [-0.3, -0.25) is 0 Å². The Hall–Kier alpha value is 0.900. The number of benzene rings is 1. The van der Waals surface area contributed by atoms with E-state index < -0.39 is 0 Å². The third-order valence-electron chi connectivity index (χ3n) is 1.26. The average molecular weight is 396 g/mol. The standard InChI is InChI=1S/C7H4ClFI2/c8-3-4-1-2-5(10)7(11)6(4)9/h1-2H,3H2. The van der Waals surface area contributed by atoms with Crippen LogP contribution in [0.15, 0.2) is 12.1 Å². The van der Waals surface area contributed by atoms with Gasteiger partial charge in [-0.15, -0.1) is 11.6 Å². The molecular weight excluding hydrogens is 392 g/mol. The van der Waals surface area contributed by atoms with E-state index in [1.165, 1.54) is 0 Å². The lowest BCUT2D eigenvalue weighted by Gasteiger charge is -2.01. The molecular formula is C7H4ClFI2. The molecule has 1 aromatic carbocycles. The van der Waals surface area contributed by atoms with Crippen LogP contribution < -0.4 is 0 Å². The molecule has 0 N–H and O–H groups in total. The fourth-order valence-corrected chi connectivity index (χ4v) is 1.82. The summed E-state index contributed by atoms with van der Waals surface area (Å²) in [5.74, 6) is 0.0474. The lowest BCUT2D eigenvalue weighted by molar-refractivity contribution is 0.608. The molecule has 0 radical (unpaired) electrons. The Labute approximate surface area is 96.8 Å². The molecule has 0 atom stereocenters. The maximum atomic E-state index is 13.2. The summed E-state index contributed by atoms with van der Waals surface area (Å²) in [5, 5.41) is 0. The van der Waals surface area contributed by atoms with Crippen LogP contribution in [0.5, 0.6) is 0 Å². The first kappa shape index (κ1) is 9.98. The molecule has 0 unspecified atom stereocenters. The summed E-state index contributed by atoms with van der Waals surface area (Å²) in [6, 6.07) is 3.58. The molecule has 60 valence electrons. The van der Waals surface area contributed by atoms with Gasteiger partial charge < -0.3 is 0 Å². The lowest BCUT2D eigenvalue weighted by Crippen LogP contribution is -1.92. The Morgan fingerprint density at radius 3 is 2.55 bits per heavy atom. The van der Waals surface area contributed by atoms with E-state index in [-0.39, 0.29) is 11.7 Å². The van der Waals surface area contributed by atoms with E-state index in [0.29, 0.717) is 9.13 Å². The van der Waals surface area contributed by atoms with Gasteiger partial charge in [0.15, 0.2) is 0 Å². The van der Waals surface area contributed by atoms with Gasteiger partial charge in [0, 0.05) is 9.13 Å². The van der Waals surface area contributed by atoms with Crippen molar-refractivity contribution in [1.29, 1.82) is 0 Å².